The molecule has 0 spiro atoms. The number of morpholine rings is 1. The normalized spacial score (nSPS) is 17.0. The first-order valence-corrected chi connectivity index (χ1v) is 11.3. The molecular formula is C22H45N5O3. The molecule has 1 atom stereocenters. The van der Waals surface area contributed by atoms with Crippen LogP contribution in [0.3, 0.4) is 0 Å². The predicted molar refractivity (Wildman–Crippen MR) is 123 cm³/mol. The summed E-state index contributed by atoms with van der Waals surface area (Å²) in [7, 11) is 3.85. The molecule has 1 rings (SSSR count). The molecule has 8 nitrogen and oxygen atoms in total. The molecule has 0 aromatic heterocycles. The van der Waals surface area contributed by atoms with Crippen LogP contribution in [0.2, 0.25) is 0 Å². The Labute approximate surface area is 183 Å². The maximum Gasteiger partial charge on any atom is 0.407 e. The van der Waals surface area contributed by atoms with Gasteiger partial charge in [0.25, 0.3) is 0 Å². The number of ether oxygens (including phenoxy) is 2. The van der Waals surface area contributed by atoms with Gasteiger partial charge >= 0.3 is 6.09 Å². The summed E-state index contributed by atoms with van der Waals surface area (Å²) in [4.78, 5) is 21.1. The monoisotopic (exact) mass is 427 g/mol. The number of carbonyl (C=O) groups excluding carboxylic acids is 1. The summed E-state index contributed by atoms with van der Waals surface area (Å²) >= 11 is 0. The number of rotatable bonds is 10. The Hall–Kier alpha value is -1.54. The van der Waals surface area contributed by atoms with Crippen LogP contribution >= 0.6 is 0 Å². The molecule has 30 heavy (non-hydrogen) atoms. The summed E-state index contributed by atoms with van der Waals surface area (Å²) in [5.74, 6) is 1.21. The molecule has 0 bridgehead atoms. The van der Waals surface area contributed by atoms with Gasteiger partial charge in [-0.1, -0.05) is 13.8 Å². The highest BCUT2D eigenvalue weighted by molar-refractivity contribution is 5.79. The molecule has 1 fully saturated rings. The number of guanidine groups is 1. The molecule has 0 aromatic carbocycles. The Morgan fingerprint density at radius 1 is 1.23 bits per heavy atom. The van der Waals surface area contributed by atoms with Gasteiger partial charge in [0.1, 0.15) is 5.60 Å². The van der Waals surface area contributed by atoms with Crippen LogP contribution < -0.4 is 10.6 Å². The van der Waals surface area contributed by atoms with Crippen LogP contribution in [0.4, 0.5) is 4.79 Å². The van der Waals surface area contributed by atoms with E-state index in [1.807, 2.05) is 34.9 Å². The van der Waals surface area contributed by atoms with E-state index >= 15 is 0 Å². The number of carbonyl (C=O) groups is 1. The molecule has 1 aliphatic rings. The van der Waals surface area contributed by atoms with Crippen LogP contribution in [0.25, 0.3) is 0 Å². The SMILES string of the molecule is CN=C(NCCCCN1CCOCC1)N(C)CCC(NC(=O)OC(C)(C)C)C(C)C. The highest BCUT2D eigenvalue weighted by Gasteiger charge is 2.22. The molecule has 176 valence electrons. The Kier molecular flexibility index (Phi) is 12.1. The molecule has 8 heteroatoms. The third-order valence-electron chi connectivity index (χ3n) is 5.14. The number of aliphatic imine (C=N–C) groups is 1. The van der Waals surface area contributed by atoms with Gasteiger partial charge in [-0.15, -0.1) is 0 Å². The van der Waals surface area contributed by atoms with Crippen molar-refractivity contribution in [3.8, 4) is 0 Å². The minimum absolute atomic E-state index is 0.0499. The van der Waals surface area contributed by atoms with Gasteiger partial charge in [0.2, 0.25) is 0 Å². The second kappa shape index (κ2) is 13.7. The van der Waals surface area contributed by atoms with E-state index in [1.165, 1.54) is 6.42 Å². The number of nitrogens with one attached hydrogen (secondary N) is 2. The smallest absolute Gasteiger partial charge is 0.407 e. The summed E-state index contributed by atoms with van der Waals surface area (Å²) in [6.45, 7) is 16.5. The van der Waals surface area contributed by atoms with Crippen molar-refractivity contribution in [3.63, 3.8) is 0 Å². The second-order valence-corrected chi connectivity index (χ2v) is 9.34. The lowest BCUT2D eigenvalue weighted by molar-refractivity contribution is 0.0372. The number of alkyl carbamates (subject to hydrolysis) is 1. The van der Waals surface area contributed by atoms with Crippen LogP contribution in [0.5, 0.6) is 0 Å². The minimum Gasteiger partial charge on any atom is -0.444 e. The Bertz CT molecular complexity index is 513. The Balaban J connectivity index is 2.32. The largest absolute Gasteiger partial charge is 0.444 e. The van der Waals surface area contributed by atoms with Crippen molar-refractivity contribution in [1.29, 1.82) is 0 Å². The molecule has 1 amide bonds. The molecule has 2 N–H and O–H groups in total. The maximum atomic E-state index is 12.1. The molecule has 1 saturated heterocycles. The minimum atomic E-state index is -0.490. The van der Waals surface area contributed by atoms with Crippen molar-refractivity contribution in [3.05, 3.63) is 0 Å². The summed E-state index contributed by atoms with van der Waals surface area (Å²) in [6.07, 6.45) is 2.75. The van der Waals surface area contributed by atoms with Gasteiger partial charge < -0.3 is 25.0 Å². The van der Waals surface area contributed by atoms with E-state index in [0.717, 1.165) is 64.7 Å². The number of unbranched alkanes of at least 4 members (excludes halogenated alkanes) is 1. The van der Waals surface area contributed by atoms with Gasteiger partial charge in [0, 0.05) is 46.3 Å². The Morgan fingerprint density at radius 3 is 2.47 bits per heavy atom. The van der Waals surface area contributed by atoms with Crippen LogP contribution in [-0.2, 0) is 9.47 Å². The van der Waals surface area contributed by atoms with Crippen LogP contribution in [0.1, 0.15) is 53.9 Å². The number of hydrogen-bond acceptors (Lipinski definition) is 5. The van der Waals surface area contributed by atoms with Crippen molar-refractivity contribution < 1.29 is 14.3 Å². The third-order valence-corrected chi connectivity index (χ3v) is 5.14. The first kappa shape index (κ1) is 26.5. The predicted octanol–water partition coefficient (Wildman–Crippen LogP) is 2.55. The van der Waals surface area contributed by atoms with Gasteiger partial charge in [0.15, 0.2) is 5.96 Å². The Morgan fingerprint density at radius 2 is 1.90 bits per heavy atom. The van der Waals surface area contributed by atoms with E-state index in [2.05, 4.69) is 39.3 Å². The molecule has 0 aliphatic carbocycles. The number of hydrogen-bond donors (Lipinski definition) is 2. The van der Waals surface area contributed by atoms with Gasteiger partial charge in [-0.3, -0.25) is 9.89 Å². The summed E-state index contributed by atoms with van der Waals surface area (Å²) in [6, 6.07) is 0.0499. The van der Waals surface area contributed by atoms with Crippen molar-refractivity contribution in [1.82, 2.24) is 20.4 Å². The molecular weight excluding hydrogens is 382 g/mol. The van der Waals surface area contributed by atoms with E-state index in [1.54, 1.807) is 0 Å². The first-order chi connectivity index (χ1) is 14.1. The molecule has 0 radical (unpaired) electrons. The lowest BCUT2D eigenvalue weighted by Gasteiger charge is -2.28. The lowest BCUT2D eigenvalue weighted by atomic mass is 10.0. The first-order valence-electron chi connectivity index (χ1n) is 11.3. The fourth-order valence-electron chi connectivity index (χ4n) is 3.34. The van der Waals surface area contributed by atoms with E-state index < -0.39 is 5.60 Å². The van der Waals surface area contributed by atoms with Crippen molar-refractivity contribution in [2.45, 2.75) is 65.5 Å². The van der Waals surface area contributed by atoms with Crippen LogP contribution in [-0.4, -0.2) is 93.5 Å². The van der Waals surface area contributed by atoms with E-state index in [0.29, 0.717) is 5.92 Å². The fraction of sp³-hybridized carbons (Fsp3) is 0.909. The van der Waals surface area contributed by atoms with Gasteiger partial charge in [-0.25, -0.2) is 4.79 Å². The average molecular weight is 428 g/mol. The highest BCUT2D eigenvalue weighted by atomic mass is 16.6. The summed E-state index contributed by atoms with van der Waals surface area (Å²) in [5, 5.41) is 6.47. The van der Waals surface area contributed by atoms with Crippen molar-refractivity contribution >= 4 is 12.1 Å². The highest BCUT2D eigenvalue weighted by Crippen LogP contribution is 2.11. The number of nitrogens with zero attached hydrogens (tertiary/aromatic N) is 3. The van der Waals surface area contributed by atoms with Gasteiger partial charge in [-0.2, -0.15) is 0 Å². The van der Waals surface area contributed by atoms with E-state index in [4.69, 9.17) is 9.47 Å². The average Bonchev–Trinajstić information content (AvgIpc) is 2.66. The van der Waals surface area contributed by atoms with Crippen molar-refractivity contribution in [2.75, 3.05) is 60.0 Å². The zero-order valence-corrected chi connectivity index (χ0v) is 20.3. The molecule has 1 aliphatic heterocycles. The van der Waals surface area contributed by atoms with Gasteiger partial charge in [-0.05, 0) is 52.5 Å². The van der Waals surface area contributed by atoms with Crippen LogP contribution in [0.15, 0.2) is 4.99 Å². The molecule has 0 saturated carbocycles. The quantitative estimate of drug-likeness (QED) is 0.317. The van der Waals surface area contributed by atoms with Crippen LogP contribution in [0, 0.1) is 5.92 Å². The summed E-state index contributed by atoms with van der Waals surface area (Å²) < 4.78 is 10.8. The topological polar surface area (TPSA) is 78.4 Å². The lowest BCUT2D eigenvalue weighted by Crippen LogP contribution is -2.45. The second-order valence-electron chi connectivity index (χ2n) is 9.34. The summed E-state index contributed by atoms with van der Waals surface area (Å²) in [5.41, 5.74) is -0.490. The zero-order valence-electron chi connectivity index (χ0n) is 20.3. The molecule has 1 unspecified atom stereocenters. The molecule has 0 aromatic rings. The van der Waals surface area contributed by atoms with E-state index in [9.17, 15) is 4.79 Å². The third kappa shape index (κ3) is 11.6. The van der Waals surface area contributed by atoms with E-state index in [-0.39, 0.29) is 12.1 Å². The molecule has 1 heterocycles. The number of amides is 1. The maximum absolute atomic E-state index is 12.1. The zero-order chi connectivity index (χ0) is 22.6. The standard InChI is InChI=1S/C22H45N5O3/c1-18(2)19(25-21(28)30-22(3,4)5)10-13-26(7)20(23-6)24-11-8-9-12-27-14-16-29-17-15-27/h18-19H,8-17H2,1-7H3,(H,23,24)(H,25,28). The fourth-order valence-corrected chi connectivity index (χ4v) is 3.34. The van der Waals surface area contributed by atoms with Gasteiger partial charge in [0.05, 0.1) is 13.2 Å². The van der Waals surface area contributed by atoms with Crippen molar-refractivity contribution in [2.24, 2.45) is 10.9 Å².